The molecule has 0 aromatic carbocycles. The van der Waals surface area contributed by atoms with E-state index < -0.39 is 136 Å². The summed E-state index contributed by atoms with van der Waals surface area (Å²) >= 11 is 0. The minimum absolute atomic E-state index is 0.0140. The number of nitrogens with zero attached hydrogens (tertiary/aromatic N) is 10. The number of ether oxygens (including phenoxy) is 5. The second kappa shape index (κ2) is 20.9. The van der Waals surface area contributed by atoms with Crippen LogP contribution in [0, 0.1) is 0 Å². The summed E-state index contributed by atoms with van der Waals surface area (Å²) in [6.07, 6.45) is -15.4. The summed E-state index contributed by atoms with van der Waals surface area (Å²) < 4.78 is 113. The number of nitrogens with one attached hydrogen (secondary N) is 2. The van der Waals surface area contributed by atoms with Gasteiger partial charge in [0.05, 0.1) is 39.5 Å². The molecule has 9 heterocycles. The predicted octanol–water partition coefficient (Wildman–Crippen LogP) is -6.58. The van der Waals surface area contributed by atoms with Crippen molar-refractivity contribution in [2.24, 2.45) is 7.05 Å². The van der Waals surface area contributed by atoms with Gasteiger partial charge in [-0.25, -0.2) is 33.1 Å². The molecular weight excluding hydrogens is 1110 g/mol. The molecule has 43 heteroatoms. The molecule has 0 bridgehead atoms. The van der Waals surface area contributed by atoms with Gasteiger partial charge in [-0.2, -0.15) is 4.98 Å². The number of phosphoric ester groups is 3. The third kappa shape index (κ3) is 11.0. The van der Waals surface area contributed by atoms with Crippen molar-refractivity contribution in [2.75, 3.05) is 51.2 Å². The van der Waals surface area contributed by atoms with Gasteiger partial charge >= 0.3 is 5.65 Å². The number of anilines is 3. The molecule has 76 heavy (non-hydrogen) atoms. The highest BCUT2D eigenvalue weighted by molar-refractivity contribution is 7.65. The summed E-state index contributed by atoms with van der Waals surface area (Å²) in [5, 5.41) is 32.6. The minimum Gasteiger partial charge on any atom is -0.756 e. The van der Waals surface area contributed by atoms with Crippen LogP contribution in [-0.2, 0) is 75.7 Å². The molecule has 416 valence electrons. The number of nitrogens with two attached hydrogens (primary N) is 3. The lowest BCUT2D eigenvalue weighted by Gasteiger charge is -2.35. The normalized spacial score (nSPS) is 30.2. The number of aromatic nitrogens is 12. The van der Waals surface area contributed by atoms with Gasteiger partial charge in [-0.1, -0.05) is 4.98 Å². The van der Waals surface area contributed by atoms with Gasteiger partial charge in [0.2, 0.25) is 17.7 Å². The molecule has 3 saturated heterocycles. The molecular formula is C33H42N15O24P4-3. The van der Waals surface area contributed by atoms with E-state index in [1.807, 2.05) is 0 Å². The van der Waals surface area contributed by atoms with Gasteiger partial charge in [0, 0.05) is 14.2 Å². The molecule has 11 N–H and O–H groups in total. The highest BCUT2D eigenvalue weighted by Gasteiger charge is 2.52. The fourth-order valence-corrected chi connectivity index (χ4v) is 12.8. The SMILES string of the molecule is CO[C@H]1C(OP(=O)([O-])OC[C@H]2O[C@@H](n3cnc4c(=O)[nH]c(N)nc43)C(O)[C@H]2O)[C@@H](COP(=O)([O-])OP(=O)([O-])OP(=O)([O-])OC[C@H]2O[C@@H]([n+]3cn(C)c4c(=O)[nH]c(N)nc43)[C@@H](OC)C2O)O[C@H]1n1cnc2c(N)ncnc21. The largest absolute Gasteiger partial charge is 0.756 e. The summed E-state index contributed by atoms with van der Waals surface area (Å²) in [7, 11) is -21.1. The van der Waals surface area contributed by atoms with Crippen LogP contribution < -0.4 is 52.5 Å². The first-order chi connectivity index (χ1) is 35.7. The molecule has 0 amide bonds. The second-order valence-corrected chi connectivity index (χ2v) is 22.5. The highest BCUT2D eigenvalue weighted by Crippen LogP contribution is 2.63. The molecule has 9 rings (SSSR count). The van der Waals surface area contributed by atoms with E-state index in [4.69, 9.17) is 54.5 Å². The van der Waals surface area contributed by atoms with Crippen LogP contribution in [0.2, 0.25) is 0 Å². The summed E-state index contributed by atoms with van der Waals surface area (Å²) in [5.74, 6) is -0.728. The van der Waals surface area contributed by atoms with E-state index in [-0.39, 0.29) is 51.2 Å². The zero-order chi connectivity index (χ0) is 55.0. The lowest BCUT2D eigenvalue weighted by molar-refractivity contribution is -0.746. The number of fused-ring (bicyclic) bond motifs is 3. The Morgan fingerprint density at radius 1 is 0.671 bits per heavy atom. The van der Waals surface area contributed by atoms with Crippen molar-refractivity contribution in [3.63, 3.8) is 0 Å². The maximum absolute atomic E-state index is 13.6. The Morgan fingerprint density at radius 3 is 1.89 bits per heavy atom. The molecule has 3 aliphatic heterocycles. The molecule has 3 aliphatic rings. The van der Waals surface area contributed by atoms with Crippen LogP contribution in [0.3, 0.4) is 0 Å². The third-order valence-corrected chi connectivity index (χ3v) is 16.9. The van der Waals surface area contributed by atoms with E-state index in [9.17, 15) is 62.7 Å². The number of rotatable bonds is 20. The third-order valence-electron chi connectivity index (χ3n) is 11.8. The number of nitrogen functional groups attached to an aromatic ring is 3. The number of aliphatic hydroxyl groups excluding tert-OH is 3. The van der Waals surface area contributed by atoms with Crippen molar-refractivity contribution in [1.29, 1.82) is 0 Å². The van der Waals surface area contributed by atoms with Crippen molar-refractivity contribution >= 4 is 82.5 Å². The average Bonchev–Trinajstić information content (AvgIpc) is 4.21. The Kier molecular flexibility index (Phi) is 15.3. The van der Waals surface area contributed by atoms with Crippen LogP contribution in [0.15, 0.2) is 34.9 Å². The molecule has 7 unspecified atom stereocenters. The highest BCUT2D eigenvalue weighted by atomic mass is 31.3. The van der Waals surface area contributed by atoms with Crippen LogP contribution in [0.4, 0.5) is 17.7 Å². The van der Waals surface area contributed by atoms with Gasteiger partial charge in [-0.3, -0.25) is 51.5 Å². The van der Waals surface area contributed by atoms with Crippen LogP contribution in [0.1, 0.15) is 18.7 Å². The topological polar surface area (TPSA) is 563 Å². The molecule has 6 aromatic heterocycles. The number of aryl methyl sites for hydroxylation is 1. The van der Waals surface area contributed by atoms with Crippen molar-refractivity contribution in [3.05, 3.63) is 46.0 Å². The van der Waals surface area contributed by atoms with E-state index in [2.05, 4.69) is 53.0 Å². The quantitative estimate of drug-likeness (QED) is 0.0260. The lowest BCUT2D eigenvalue weighted by Crippen LogP contribution is -2.47. The molecule has 3 fully saturated rings. The first kappa shape index (κ1) is 55.6. The number of aromatic amines is 2. The molecule has 0 radical (unpaired) electrons. The van der Waals surface area contributed by atoms with Crippen molar-refractivity contribution in [3.8, 4) is 0 Å². The van der Waals surface area contributed by atoms with E-state index in [1.54, 1.807) is 0 Å². The summed E-state index contributed by atoms with van der Waals surface area (Å²) in [6, 6.07) is 0. The van der Waals surface area contributed by atoms with Crippen LogP contribution in [-0.4, -0.2) is 158 Å². The smallest absolute Gasteiger partial charge is 0.313 e. The maximum atomic E-state index is 13.6. The van der Waals surface area contributed by atoms with E-state index in [1.165, 1.54) is 22.5 Å². The first-order valence-electron chi connectivity index (χ1n) is 21.5. The van der Waals surface area contributed by atoms with Crippen LogP contribution >= 0.6 is 31.3 Å². The summed E-state index contributed by atoms with van der Waals surface area (Å²) in [6.45, 7) is -3.63. The Labute approximate surface area is 421 Å². The predicted molar refractivity (Wildman–Crippen MR) is 235 cm³/mol. The molecule has 16 atom stereocenters. The molecule has 0 saturated carbocycles. The zero-order valence-corrected chi connectivity index (χ0v) is 42.3. The lowest BCUT2D eigenvalue weighted by atomic mass is 10.1. The molecule has 0 spiro atoms. The molecule has 6 aromatic rings. The Bertz CT molecular complexity index is 3490. The van der Waals surface area contributed by atoms with Gasteiger partial charge in [0.1, 0.15) is 66.8 Å². The number of phosphoric acid groups is 4. The number of H-pyrrole nitrogens is 2. The average molecular weight is 1160 g/mol. The van der Waals surface area contributed by atoms with Gasteiger partial charge in [-0.05, 0) is 0 Å². The summed E-state index contributed by atoms with van der Waals surface area (Å²) in [4.78, 5) is 106. The monoisotopic (exact) mass is 1160 g/mol. The second-order valence-electron chi connectivity index (χ2n) is 16.6. The molecule has 0 aliphatic carbocycles. The summed E-state index contributed by atoms with van der Waals surface area (Å²) in [5.41, 5.74) is 15.4. The number of aliphatic hydroxyl groups is 3. The van der Waals surface area contributed by atoms with Crippen LogP contribution in [0.25, 0.3) is 33.5 Å². The van der Waals surface area contributed by atoms with Crippen molar-refractivity contribution in [2.45, 2.75) is 73.6 Å². The maximum Gasteiger partial charge on any atom is 0.313 e. The number of hydrogen-bond donors (Lipinski definition) is 8. The zero-order valence-electron chi connectivity index (χ0n) is 38.8. The van der Waals surface area contributed by atoms with Crippen molar-refractivity contribution in [1.82, 2.24) is 53.6 Å². The number of imidazole rings is 3. The van der Waals surface area contributed by atoms with Crippen molar-refractivity contribution < 1.29 is 108 Å². The van der Waals surface area contributed by atoms with E-state index in [0.717, 1.165) is 42.3 Å². The molecule has 39 nitrogen and oxygen atoms in total. The Morgan fingerprint density at radius 2 is 1.24 bits per heavy atom. The first-order valence-corrected chi connectivity index (χ1v) is 27.3. The van der Waals surface area contributed by atoms with Gasteiger partial charge in [0.25, 0.3) is 48.4 Å². The fourth-order valence-electron chi connectivity index (χ4n) is 8.50. The van der Waals surface area contributed by atoms with Gasteiger partial charge in [-0.15, -0.1) is 0 Å². The minimum atomic E-state index is -6.57. The van der Waals surface area contributed by atoms with Gasteiger partial charge < -0.3 is 93.9 Å². The van der Waals surface area contributed by atoms with E-state index in [0.29, 0.717) is 0 Å². The number of methoxy groups -OCH3 is 2. The standard InChI is InChI=1S/C33H45N15O24P4/c1-45-10-48(26-16(45)28(53)44-33(36)42-26)30-21(62-2)18(50)12(68-30)5-65-74(56,57)71-76(60,61)72-75(58,59)66-6-13-20(22(63-3)31(69-13)46-8-39-14-23(34)37-7-38-24(14)46)70-73(54,55)64-4-11-17(49)19(51)29(67-11)47-9-40-15-25(47)41-32(35)43-27(15)52/h7-13,17-22,29-31,49-51H,4-6H2,1-3H3,(H11-,34,35,36,37,38,41,42,43,44,52,53,54,55,56,57,58,59,60,61)/p-3/t11-,12-,13-,17+,18?,19?,20?,21+,22+,29-,30-,31-/m1/s1. The van der Waals surface area contributed by atoms with Gasteiger partial charge in [0.15, 0.2) is 41.4 Å². The van der Waals surface area contributed by atoms with E-state index >= 15 is 0 Å². The Balaban J connectivity index is 0.865. The Hall–Kier alpha value is -5.15. The number of hydrogen-bond acceptors (Lipinski definition) is 33. The van der Waals surface area contributed by atoms with Crippen LogP contribution in [0.5, 0.6) is 0 Å². The fraction of sp³-hybridized carbons (Fsp3) is 0.545.